The molecular weight excluding hydrogens is 307 g/mol. The Bertz CT molecular complexity index is 572. The number of aromatic nitrogens is 1. The highest BCUT2D eigenvalue weighted by Gasteiger charge is 2.16. The van der Waals surface area contributed by atoms with Crippen LogP contribution in [0.25, 0.3) is 0 Å². The lowest BCUT2D eigenvalue weighted by Crippen LogP contribution is -2.21. The number of pyridine rings is 1. The van der Waals surface area contributed by atoms with Gasteiger partial charge in [-0.15, -0.1) is 0 Å². The van der Waals surface area contributed by atoms with E-state index in [1.165, 1.54) is 6.07 Å². The summed E-state index contributed by atoms with van der Waals surface area (Å²) < 4.78 is 14.7. The third-order valence-corrected chi connectivity index (χ3v) is 3.69. The lowest BCUT2D eigenvalue weighted by molar-refractivity contribution is 0.529. The smallest absolute Gasteiger partial charge is 0.129 e. The first-order valence-corrected chi connectivity index (χ1v) is 6.94. The largest absolute Gasteiger partial charge is 0.313 e. The second-order valence-corrected chi connectivity index (χ2v) is 5.39. The summed E-state index contributed by atoms with van der Waals surface area (Å²) in [6.07, 6.45) is 2.44. The minimum atomic E-state index is -0.206. The van der Waals surface area contributed by atoms with E-state index >= 15 is 0 Å². The van der Waals surface area contributed by atoms with Gasteiger partial charge in [0.15, 0.2) is 0 Å². The van der Waals surface area contributed by atoms with Gasteiger partial charge in [0.2, 0.25) is 0 Å². The summed E-state index contributed by atoms with van der Waals surface area (Å²) in [5.74, 6) is -0.206. The van der Waals surface area contributed by atoms with Crippen molar-refractivity contribution < 1.29 is 4.39 Å². The van der Waals surface area contributed by atoms with E-state index in [4.69, 9.17) is 0 Å². The van der Waals surface area contributed by atoms with Crippen LogP contribution in [0, 0.1) is 12.7 Å². The highest BCUT2D eigenvalue weighted by atomic mass is 79.9. The van der Waals surface area contributed by atoms with Gasteiger partial charge in [-0.1, -0.05) is 28.1 Å². The summed E-state index contributed by atoms with van der Waals surface area (Å²) in [5.41, 5.74) is 2.78. The van der Waals surface area contributed by atoms with Crippen molar-refractivity contribution in [3.8, 4) is 0 Å². The lowest BCUT2D eigenvalue weighted by Gasteiger charge is -2.18. The van der Waals surface area contributed by atoms with Gasteiger partial charge in [0.25, 0.3) is 0 Å². The van der Waals surface area contributed by atoms with E-state index in [0.717, 1.165) is 15.7 Å². The zero-order valence-electron chi connectivity index (χ0n) is 11.0. The molecule has 1 N–H and O–H groups in total. The van der Waals surface area contributed by atoms with Crippen LogP contribution in [0.1, 0.15) is 22.9 Å². The molecule has 0 aliphatic heterocycles. The molecule has 1 aromatic heterocycles. The predicted octanol–water partition coefficient (Wildman–Crippen LogP) is 3.79. The van der Waals surface area contributed by atoms with Crippen molar-refractivity contribution in [2.24, 2.45) is 0 Å². The van der Waals surface area contributed by atoms with Crippen molar-refractivity contribution >= 4 is 15.9 Å². The normalized spacial score (nSPS) is 12.4. The molecule has 0 saturated heterocycles. The third-order valence-electron chi connectivity index (χ3n) is 3.20. The molecule has 0 saturated carbocycles. The number of benzene rings is 1. The fraction of sp³-hybridized carbons (Fsp3) is 0.267. The Kier molecular flexibility index (Phi) is 4.66. The van der Waals surface area contributed by atoms with Crippen molar-refractivity contribution in [1.29, 1.82) is 0 Å². The number of nitrogens with zero attached hydrogens (tertiary/aromatic N) is 1. The van der Waals surface area contributed by atoms with Gasteiger partial charge in [-0.05, 0) is 37.7 Å². The molecule has 100 valence electrons. The molecule has 0 fully saturated rings. The van der Waals surface area contributed by atoms with E-state index in [1.54, 1.807) is 12.3 Å². The number of aryl methyl sites for hydroxylation is 1. The van der Waals surface area contributed by atoms with Crippen LogP contribution in [0.5, 0.6) is 0 Å². The fourth-order valence-electron chi connectivity index (χ4n) is 2.08. The molecule has 0 amide bonds. The summed E-state index contributed by atoms with van der Waals surface area (Å²) >= 11 is 3.27. The molecule has 0 aliphatic carbocycles. The Hall–Kier alpha value is -1.26. The third kappa shape index (κ3) is 3.39. The first-order chi connectivity index (χ1) is 9.11. The summed E-state index contributed by atoms with van der Waals surface area (Å²) in [4.78, 5) is 4.37. The molecule has 1 atom stereocenters. The topological polar surface area (TPSA) is 24.9 Å². The van der Waals surface area contributed by atoms with Gasteiger partial charge in [0.1, 0.15) is 5.82 Å². The molecule has 1 heterocycles. The van der Waals surface area contributed by atoms with Crippen LogP contribution in [0.3, 0.4) is 0 Å². The minimum absolute atomic E-state index is 0.0818. The predicted molar refractivity (Wildman–Crippen MR) is 78.6 cm³/mol. The van der Waals surface area contributed by atoms with Gasteiger partial charge >= 0.3 is 0 Å². The maximum absolute atomic E-state index is 14.0. The molecule has 0 spiro atoms. The Morgan fingerprint density at radius 3 is 2.79 bits per heavy atom. The van der Waals surface area contributed by atoms with Gasteiger partial charge in [-0.2, -0.15) is 0 Å². The average molecular weight is 323 g/mol. The Morgan fingerprint density at radius 1 is 1.37 bits per heavy atom. The fourth-order valence-corrected chi connectivity index (χ4v) is 2.41. The summed E-state index contributed by atoms with van der Waals surface area (Å²) in [6.45, 7) is 2.02. The van der Waals surface area contributed by atoms with Crippen molar-refractivity contribution in [2.75, 3.05) is 7.05 Å². The van der Waals surface area contributed by atoms with Gasteiger partial charge in [-0.3, -0.25) is 4.98 Å². The Labute approximate surface area is 121 Å². The lowest BCUT2D eigenvalue weighted by atomic mass is 9.99. The van der Waals surface area contributed by atoms with Crippen molar-refractivity contribution in [3.63, 3.8) is 0 Å². The number of rotatable bonds is 4. The average Bonchev–Trinajstić information content (AvgIpc) is 2.39. The highest BCUT2D eigenvalue weighted by Crippen LogP contribution is 2.24. The molecule has 0 radical (unpaired) electrons. The first-order valence-electron chi connectivity index (χ1n) is 6.14. The Balaban J connectivity index is 2.28. The Morgan fingerprint density at radius 2 is 2.16 bits per heavy atom. The van der Waals surface area contributed by atoms with E-state index in [2.05, 4.69) is 26.2 Å². The number of likely N-dealkylation sites (N-methyl/N-ethyl adjacent to an activating group) is 1. The van der Waals surface area contributed by atoms with Crippen LogP contribution < -0.4 is 5.32 Å². The number of halogens is 2. The number of hydrogen-bond acceptors (Lipinski definition) is 2. The van der Waals surface area contributed by atoms with Crippen molar-refractivity contribution in [3.05, 3.63) is 63.6 Å². The molecule has 0 bridgehead atoms. The first kappa shape index (κ1) is 14.2. The van der Waals surface area contributed by atoms with Crippen molar-refractivity contribution in [2.45, 2.75) is 19.4 Å². The zero-order chi connectivity index (χ0) is 13.8. The quantitative estimate of drug-likeness (QED) is 0.926. The number of hydrogen-bond donors (Lipinski definition) is 1. The highest BCUT2D eigenvalue weighted by molar-refractivity contribution is 9.10. The molecule has 0 aliphatic rings. The van der Waals surface area contributed by atoms with E-state index < -0.39 is 0 Å². The van der Waals surface area contributed by atoms with Crippen LogP contribution in [-0.2, 0) is 6.42 Å². The van der Waals surface area contributed by atoms with E-state index in [-0.39, 0.29) is 11.9 Å². The summed E-state index contributed by atoms with van der Waals surface area (Å²) in [6, 6.07) is 9.00. The monoisotopic (exact) mass is 322 g/mol. The van der Waals surface area contributed by atoms with Gasteiger partial charge < -0.3 is 5.32 Å². The molecule has 4 heteroatoms. The minimum Gasteiger partial charge on any atom is -0.313 e. The molecule has 1 aromatic carbocycles. The number of nitrogens with one attached hydrogen (secondary N) is 1. The molecule has 1 unspecified atom stereocenters. The van der Waals surface area contributed by atoms with Gasteiger partial charge in [0.05, 0.1) is 0 Å². The molecular formula is C15H16BrFN2. The van der Waals surface area contributed by atoms with E-state index in [9.17, 15) is 4.39 Å². The van der Waals surface area contributed by atoms with Crippen LogP contribution >= 0.6 is 15.9 Å². The standard InChI is InChI=1S/C15H16BrFN2/c1-10-4-3-7-19-14(10)9-15(18-2)12-6-5-11(16)8-13(12)17/h3-8,15,18H,9H2,1-2H3. The molecule has 2 nitrogen and oxygen atoms in total. The van der Waals surface area contributed by atoms with Crippen LogP contribution in [-0.4, -0.2) is 12.0 Å². The maximum atomic E-state index is 14.0. The SMILES string of the molecule is CNC(Cc1ncccc1C)c1ccc(Br)cc1F. The summed E-state index contributed by atoms with van der Waals surface area (Å²) in [5, 5.41) is 3.16. The zero-order valence-corrected chi connectivity index (χ0v) is 12.5. The maximum Gasteiger partial charge on any atom is 0.129 e. The van der Waals surface area contributed by atoms with Crippen LogP contribution in [0.4, 0.5) is 4.39 Å². The van der Waals surface area contributed by atoms with E-state index in [1.807, 2.05) is 32.2 Å². The molecule has 2 rings (SSSR count). The summed E-state index contributed by atoms with van der Waals surface area (Å²) in [7, 11) is 1.84. The van der Waals surface area contributed by atoms with Gasteiger partial charge in [-0.25, -0.2) is 4.39 Å². The van der Waals surface area contributed by atoms with Gasteiger partial charge in [0, 0.05) is 34.4 Å². The molecule has 2 aromatic rings. The molecule has 19 heavy (non-hydrogen) atoms. The van der Waals surface area contributed by atoms with Crippen LogP contribution in [0.15, 0.2) is 41.0 Å². The van der Waals surface area contributed by atoms with E-state index in [0.29, 0.717) is 12.0 Å². The second kappa shape index (κ2) is 6.26. The second-order valence-electron chi connectivity index (χ2n) is 4.48. The van der Waals surface area contributed by atoms with Crippen molar-refractivity contribution in [1.82, 2.24) is 10.3 Å². The van der Waals surface area contributed by atoms with Crippen LogP contribution in [0.2, 0.25) is 0 Å².